The summed E-state index contributed by atoms with van der Waals surface area (Å²) in [5, 5.41) is 7.48. The van der Waals surface area contributed by atoms with Crippen LogP contribution in [0.15, 0.2) is 24.3 Å². The van der Waals surface area contributed by atoms with E-state index in [-0.39, 0.29) is 11.9 Å². The van der Waals surface area contributed by atoms with Crippen LogP contribution in [0.4, 0.5) is 16.6 Å². The van der Waals surface area contributed by atoms with Gasteiger partial charge in [-0.25, -0.2) is 0 Å². The Balaban J connectivity index is 2.02. The van der Waals surface area contributed by atoms with Gasteiger partial charge in [0.1, 0.15) is 0 Å². The molecule has 0 aliphatic heterocycles. The Morgan fingerprint density at radius 2 is 1.96 bits per heavy atom. The smallest absolute Gasteiger partial charge is 0.251 e. The molecule has 1 heterocycles. The summed E-state index contributed by atoms with van der Waals surface area (Å²) in [7, 11) is 5.56. The summed E-state index contributed by atoms with van der Waals surface area (Å²) < 4.78 is 5.13. The maximum Gasteiger partial charge on any atom is 0.251 e. The Morgan fingerprint density at radius 1 is 1.31 bits per heavy atom. The van der Waals surface area contributed by atoms with Gasteiger partial charge < -0.3 is 26.0 Å². The number of ether oxygens (including phenoxy) is 1. The van der Waals surface area contributed by atoms with Gasteiger partial charge in [0.25, 0.3) is 5.91 Å². The minimum atomic E-state index is -0.0720. The van der Waals surface area contributed by atoms with Crippen LogP contribution in [0.1, 0.15) is 24.2 Å². The number of carbonyl (C=O) groups is 1. The molecule has 4 N–H and O–H groups in total. The van der Waals surface area contributed by atoms with Crippen molar-refractivity contribution in [1.82, 2.24) is 15.2 Å². The molecule has 8 heteroatoms. The predicted molar refractivity (Wildman–Crippen MR) is 107 cm³/mol. The maximum atomic E-state index is 12.5. The Morgan fingerprint density at radius 3 is 2.46 bits per heavy atom. The van der Waals surface area contributed by atoms with Crippen molar-refractivity contribution >= 4 is 33.9 Å². The van der Waals surface area contributed by atoms with Crippen molar-refractivity contribution in [3.63, 3.8) is 0 Å². The summed E-state index contributed by atoms with van der Waals surface area (Å²) >= 11 is 1.33. The van der Waals surface area contributed by atoms with Crippen molar-refractivity contribution in [3.8, 4) is 5.06 Å². The molecule has 2 rings (SSSR count). The number of likely N-dealkylation sites (N-methyl/N-ethyl adjacent to an activating group) is 1. The number of hydrogen-bond acceptors (Lipinski definition) is 7. The van der Waals surface area contributed by atoms with Crippen LogP contribution in [0.3, 0.4) is 0 Å². The molecule has 0 aliphatic carbocycles. The molecule has 0 fully saturated rings. The molecule has 0 saturated heterocycles. The van der Waals surface area contributed by atoms with Crippen LogP contribution in [0.2, 0.25) is 0 Å². The van der Waals surface area contributed by atoms with Gasteiger partial charge in [0.05, 0.1) is 7.11 Å². The lowest BCUT2D eigenvalue weighted by molar-refractivity contribution is 0.0916. The van der Waals surface area contributed by atoms with Crippen molar-refractivity contribution in [2.45, 2.75) is 19.9 Å². The molecule has 1 atom stereocenters. The van der Waals surface area contributed by atoms with E-state index in [0.29, 0.717) is 27.5 Å². The van der Waals surface area contributed by atoms with E-state index in [1.165, 1.54) is 11.3 Å². The van der Waals surface area contributed by atoms with Crippen LogP contribution >= 0.6 is 11.3 Å². The molecule has 2 aromatic rings. The van der Waals surface area contributed by atoms with Gasteiger partial charge >= 0.3 is 0 Å². The second-order valence-corrected chi connectivity index (χ2v) is 7.65. The first-order chi connectivity index (χ1) is 12.3. The summed E-state index contributed by atoms with van der Waals surface area (Å²) in [4.78, 5) is 18.8. The second-order valence-electron chi connectivity index (χ2n) is 6.68. The summed E-state index contributed by atoms with van der Waals surface area (Å²) in [6.07, 6.45) is 0. The maximum absolute atomic E-state index is 12.5. The largest absolute Gasteiger partial charge is 0.485 e. The topological polar surface area (TPSA) is 92.5 Å². The van der Waals surface area contributed by atoms with Gasteiger partial charge in [0.2, 0.25) is 5.06 Å². The first-order valence-electron chi connectivity index (χ1n) is 8.43. The van der Waals surface area contributed by atoms with Crippen molar-refractivity contribution in [3.05, 3.63) is 29.8 Å². The van der Waals surface area contributed by atoms with E-state index in [4.69, 9.17) is 10.5 Å². The van der Waals surface area contributed by atoms with E-state index in [2.05, 4.69) is 34.4 Å². The van der Waals surface area contributed by atoms with E-state index < -0.39 is 0 Å². The first kappa shape index (κ1) is 20.0. The van der Waals surface area contributed by atoms with Crippen LogP contribution in [0.25, 0.3) is 0 Å². The average Bonchev–Trinajstić information content (AvgIpc) is 2.93. The van der Waals surface area contributed by atoms with Gasteiger partial charge in [-0.1, -0.05) is 25.2 Å². The third kappa shape index (κ3) is 5.34. The zero-order valence-electron chi connectivity index (χ0n) is 15.9. The molecule has 0 radical (unpaired) electrons. The number of anilines is 3. The normalized spacial score (nSPS) is 12.3. The molecule has 1 amide bonds. The molecule has 0 spiro atoms. The highest BCUT2D eigenvalue weighted by Crippen LogP contribution is 2.33. The van der Waals surface area contributed by atoms with Crippen LogP contribution in [0, 0.1) is 5.92 Å². The molecule has 142 valence electrons. The Kier molecular flexibility index (Phi) is 6.82. The molecule has 0 saturated carbocycles. The van der Waals surface area contributed by atoms with E-state index >= 15 is 0 Å². The van der Waals surface area contributed by atoms with Crippen molar-refractivity contribution < 1.29 is 9.53 Å². The van der Waals surface area contributed by atoms with Gasteiger partial charge in [-0.15, -0.1) is 0 Å². The highest BCUT2D eigenvalue weighted by atomic mass is 32.1. The van der Waals surface area contributed by atoms with Gasteiger partial charge in [-0.2, -0.15) is 4.98 Å². The number of methoxy groups -OCH3 is 1. The Hall–Kier alpha value is -2.32. The third-order valence-corrected chi connectivity index (χ3v) is 4.84. The van der Waals surface area contributed by atoms with Crippen LogP contribution in [0.5, 0.6) is 5.06 Å². The van der Waals surface area contributed by atoms with Crippen LogP contribution < -0.4 is 21.1 Å². The van der Waals surface area contributed by atoms with Crippen molar-refractivity contribution in [2.75, 3.05) is 38.8 Å². The number of hydrogen-bond donors (Lipinski definition) is 3. The summed E-state index contributed by atoms with van der Waals surface area (Å²) in [6, 6.07) is 7.36. The van der Waals surface area contributed by atoms with Crippen molar-refractivity contribution in [2.24, 2.45) is 5.92 Å². The lowest BCUT2D eigenvalue weighted by Crippen LogP contribution is -2.44. The van der Waals surface area contributed by atoms with E-state index in [1.54, 1.807) is 19.2 Å². The molecular formula is C18H27N5O2S. The second kappa shape index (κ2) is 8.86. The average molecular weight is 378 g/mol. The monoisotopic (exact) mass is 377 g/mol. The molecule has 1 aromatic carbocycles. The molecule has 0 aliphatic rings. The van der Waals surface area contributed by atoms with Crippen LogP contribution in [-0.2, 0) is 0 Å². The van der Waals surface area contributed by atoms with Gasteiger partial charge in [0, 0.05) is 23.8 Å². The molecule has 1 unspecified atom stereocenters. The number of nitrogens with two attached hydrogens (primary N) is 1. The summed E-state index contributed by atoms with van der Waals surface area (Å²) in [6.45, 7) is 5.02. The number of nitrogens with one attached hydrogen (secondary N) is 2. The summed E-state index contributed by atoms with van der Waals surface area (Å²) in [5.74, 6) is 0.640. The van der Waals surface area contributed by atoms with Gasteiger partial charge in [-0.3, -0.25) is 4.79 Å². The SMILES string of the molecule is COc1sc(Nc2ccc(C(=O)NC(CN(C)C)C(C)C)cc2)nc1N. The number of aromatic nitrogens is 1. The first-order valence-corrected chi connectivity index (χ1v) is 9.24. The molecule has 7 nitrogen and oxygen atoms in total. The van der Waals surface area contributed by atoms with E-state index in [0.717, 1.165) is 12.2 Å². The fourth-order valence-corrected chi connectivity index (χ4v) is 3.14. The van der Waals surface area contributed by atoms with Crippen LogP contribution in [-0.4, -0.2) is 49.6 Å². The van der Waals surface area contributed by atoms with E-state index in [9.17, 15) is 4.79 Å². The minimum Gasteiger partial charge on any atom is -0.485 e. The number of rotatable bonds is 8. The predicted octanol–water partition coefficient (Wildman–Crippen LogP) is 2.79. The quantitative estimate of drug-likeness (QED) is 0.655. The Labute approximate surface area is 158 Å². The number of amides is 1. The lowest BCUT2D eigenvalue weighted by atomic mass is 10.0. The fourth-order valence-electron chi connectivity index (χ4n) is 2.41. The summed E-state index contributed by atoms with van der Waals surface area (Å²) in [5.41, 5.74) is 7.20. The van der Waals surface area contributed by atoms with E-state index in [1.807, 2.05) is 26.2 Å². The highest BCUT2D eigenvalue weighted by Gasteiger charge is 2.18. The molecule has 0 bridgehead atoms. The van der Waals surface area contributed by atoms with Crippen molar-refractivity contribution in [1.29, 1.82) is 0 Å². The molecular weight excluding hydrogens is 350 g/mol. The number of nitrogens with zero attached hydrogens (tertiary/aromatic N) is 2. The Bertz CT molecular complexity index is 728. The lowest BCUT2D eigenvalue weighted by Gasteiger charge is -2.25. The number of thiazole rings is 1. The number of benzene rings is 1. The van der Waals surface area contributed by atoms with Gasteiger partial charge in [0.15, 0.2) is 10.9 Å². The highest BCUT2D eigenvalue weighted by molar-refractivity contribution is 7.18. The molecule has 26 heavy (non-hydrogen) atoms. The van der Waals surface area contributed by atoms with Gasteiger partial charge in [-0.05, 0) is 44.3 Å². The minimum absolute atomic E-state index is 0.0720. The fraction of sp³-hybridized carbons (Fsp3) is 0.444. The zero-order chi connectivity index (χ0) is 19.3. The third-order valence-electron chi connectivity index (χ3n) is 3.89. The number of nitrogen functional groups attached to an aromatic ring is 1. The number of carbonyl (C=O) groups excluding carboxylic acids is 1. The zero-order valence-corrected chi connectivity index (χ0v) is 16.7. The molecule has 1 aromatic heterocycles. The standard InChI is InChI=1S/C18H27N5O2S/c1-11(2)14(10-23(3)4)21-16(24)12-6-8-13(9-7-12)20-18-22-15(19)17(25-5)26-18/h6-9,11,14H,10,19H2,1-5H3,(H,20,22)(H,21,24).